The van der Waals surface area contributed by atoms with Gasteiger partial charge in [0.15, 0.2) is 9.84 Å². The maximum Gasteiger partial charge on any atom is 0.224 e. The van der Waals surface area contributed by atoms with Crippen LogP contribution in [0.1, 0.15) is 48.9 Å². The van der Waals surface area contributed by atoms with E-state index in [4.69, 9.17) is 0 Å². The molecule has 33 heavy (non-hydrogen) atoms. The predicted octanol–water partition coefficient (Wildman–Crippen LogP) is 4.45. The fourth-order valence-corrected chi connectivity index (χ4v) is 6.93. The molecule has 2 amide bonds. The summed E-state index contributed by atoms with van der Waals surface area (Å²) in [5.74, 6) is -1.29. The van der Waals surface area contributed by atoms with Crippen LogP contribution in [0, 0.1) is 25.7 Å². The topological polar surface area (TPSA) is 92.3 Å². The van der Waals surface area contributed by atoms with Gasteiger partial charge in [0.05, 0.1) is 11.5 Å². The molecule has 7 heteroatoms. The molecule has 2 unspecified atom stereocenters. The molecular weight excluding hydrogens is 436 g/mol. The maximum absolute atomic E-state index is 12.8. The summed E-state index contributed by atoms with van der Waals surface area (Å²) in [7, 11) is -3.28. The molecule has 2 N–H and O–H groups in total. The number of hydrogen-bond donors (Lipinski definition) is 2. The average molecular weight is 471 g/mol. The highest BCUT2D eigenvalue weighted by Crippen LogP contribution is 2.32. The van der Waals surface area contributed by atoms with Crippen LogP contribution in [0.3, 0.4) is 0 Å². The van der Waals surface area contributed by atoms with Gasteiger partial charge in [0.2, 0.25) is 11.8 Å². The van der Waals surface area contributed by atoms with Gasteiger partial charge in [-0.05, 0) is 60.8 Å². The predicted molar refractivity (Wildman–Crippen MR) is 133 cm³/mol. The van der Waals surface area contributed by atoms with Crippen LogP contribution < -0.4 is 10.6 Å². The summed E-state index contributed by atoms with van der Waals surface area (Å²) in [4.78, 5) is 25.7. The van der Waals surface area contributed by atoms with Crippen molar-refractivity contribution in [1.29, 1.82) is 0 Å². The van der Waals surface area contributed by atoms with E-state index >= 15 is 0 Å². The van der Waals surface area contributed by atoms with Crippen molar-refractivity contribution in [2.75, 3.05) is 22.1 Å². The third-order valence-electron chi connectivity index (χ3n) is 6.51. The minimum atomic E-state index is -3.28. The van der Waals surface area contributed by atoms with E-state index in [0.717, 1.165) is 46.5 Å². The molecular formula is C26H34N2O4S. The number of carbonyl (C=O) groups excluding carboxylic acids is 2. The van der Waals surface area contributed by atoms with Gasteiger partial charge in [-0.2, -0.15) is 0 Å². The van der Waals surface area contributed by atoms with Crippen LogP contribution in [-0.4, -0.2) is 31.7 Å². The number of benzene rings is 2. The second-order valence-electron chi connectivity index (χ2n) is 9.03. The molecule has 0 saturated carbocycles. The molecule has 178 valence electrons. The lowest BCUT2D eigenvalue weighted by atomic mass is 9.89. The van der Waals surface area contributed by atoms with Crippen molar-refractivity contribution >= 4 is 33.0 Å². The third kappa shape index (κ3) is 6.22. The van der Waals surface area contributed by atoms with Crippen LogP contribution in [0.5, 0.6) is 0 Å². The van der Waals surface area contributed by atoms with Crippen LogP contribution in [0.2, 0.25) is 0 Å². The van der Waals surface area contributed by atoms with Crippen molar-refractivity contribution in [3.8, 4) is 0 Å². The van der Waals surface area contributed by atoms with Crippen LogP contribution >= 0.6 is 0 Å². The highest BCUT2D eigenvalue weighted by molar-refractivity contribution is 7.91. The molecule has 2 aromatic rings. The molecule has 1 heterocycles. The maximum atomic E-state index is 12.8. The summed E-state index contributed by atoms with van der Waals surface area (Å²) in [5.41, 5.74) is 5.63. The number of aryl methyl sites for hydroxylation is 4. The van der Waals surface area contributed by atoms with E-state index in [9.17, 15) is 18.0 Å². The summed E-state index contributed by atoms with van der Waals surface area (Å²) in [5, 5.41) is 5.97. The minimum absolute atomic E-state index is 0.0582. The Morgan fingerprint density at radius 2 is 1.18 bits per heavy atom. The zero-order chi connectivity index (χ0) is 24.2. The molecule has 0 radical (unpaired) electrons. The van der Waals surface area contributed by atoms with Gasteiger partial charge in [-0.3, -0.25) is 9.59 Å². The summed E-state index contributed by atoms with van der Waals surface area (Å²) in [6.45, 7) is 7.94. The van der Waals surface area contributed by atoms with Crippen molar-refractivity contribution in [2.24, 2.45) is 11.8 Å². The fourth-order valence-electron chi connectivity index (χ4n) is 4.70. The number of hydrogen-bond acceptors (Lipinski definition) is 4. The summed E-state index contributed by atoms with van der Waals surface area (Å²) < 4.78 is 24.8. The zero-order valence-electron chi connectivity index (χ0n) is 19.9. The summed E-state index contributed by atoms with van der Waals surface area (Å²) >= 11 is 0. The number of carbonyl (C=O) groups is 2. The lowest BCUT2D eigenvalue weighted by molar-refractivity contribution is -0.119. The molecule has 6 nitrogen and oxygen atoms in total. The van der Waals surface area contributed by atoms with Crippen LogP contribution in [0.25, 0.3) is 0 Å². The molecule has 1 aliphatic rings. The second-order valence-corrected chi connectivity index (χ2v) is 11.2. The van der Waals surface area contributed by atoms with Gasteiger partial charge in [0.25, 0.3) is 0 Å². The molecule has 0 bridgehead atoms. The monoisotopic (exact) mass is 470 g/mol. The number of para-hydroxylation sites is 2. The second kappa shape index (κ2) is 10.5. The van der Waals surface area contributed by atoms with Gasteiger partial charge in [0.1, 0.15) is 0 Å². The minimum Gasteiger partial charge on any atom is -0.326 e. The number of rotatable bonds is 8. The normalized spacial score (nSPS) is 19.3. The van der Waals surface area contributed by atoms with Gasteiger partial charge in [-0.15, -0.1) is 0 Å². The Hall–Kier alpha value is -2.67. The van der Waals surface area contributed by atoms with Crippen LogP contribution in [-0.2, 0) is 32.3 Å². The average Bonchev–Trinajstić information content (AvgIpc) is 3.03. The number of amides is 2. The van der Waals surface area contributed by atoms with Gasteiger partial charge in [-0.25, -0.2) is 8.42 Å². The molecule has 0 aliphatic carbocycles. The van der Waals surface area contributed by atoms with Crippen molar-refractivity contribution in [3.05, 3.63) is 58.7 Å². The van der Waals surface area contributed by atoms with E-state index in [1.165, 1.54) is 0 Å². The first-order valence-corrected chi connectivity index (χ1v) is 13.4. The van der Waals surface area contributed by atoms with E-state index in [1.54, 1.807) is 0 Å². The highest BCUT2D eigenvalue weighted by Gasteiger charge is 2.39. The molecule has 2 atom stereocenters. The Kier molecular flexibility index (Phi) is 7.95. The van der Waals surface area contributed by atoms with Gasteiger partial charge in [0, 0.05) is 24.2 Å². The number of anilines is 2. The Morgan fingerprint density at radius 3 is 1.55 bits per heavy atom. The SMILES string of the molecule is CCc1cccc(C)c1NC(=O)CC1CS(=O)(=O)CC1CC(=O)Nc1c(C)cccc1CC. The molecule has 1 aliphatic heterocycles. The van der Waals surface area contributed by atoms with Gasteiger partial charge < -0.3 is 10.6 Å². The molecule has 0 spiro atoms. The van der Waals surface area contributed by atoms with E-state index < -0.39 is 9.84 Å². The highest BCUT2D eigenvalue weighted by atomic mass is 32.2. The molecule has 2 aromatic carbocycles. The third-order valence-corrected chi connectivity index (χ3v) is 8.38. The first-order valence-electron chi connectivity index (χ1n) is 11.6. The van der Waals surface area contributed by atoms with E-state index in [2.05, 4.69) is 10.6 Å². The number of sulfone groups is 1. The van der Waals surface area contributed by atoms with Gasteiger partial charge >= 0.3 is 0 Å². The van der Waals surface area contributed by atoms with Crippen molar-refractivity contribution in [3.63, 3.8) is 0 Å². The summed E-state index contributed by atoms with van der Waals surface area (Å²) in [6, 6.07) is 11.8. The summed E-state index contributed by atoms with van der Waals surface area (Å²) in [6.07, 6.45) is 1.74. The largest absolute Gasteiger partial charge is 0.326 e. The zero-order valence-corrected chi connectivity index (χ0v) is 20.7. The van der Waals surface area contributed by atoms with Crippen LogP contribution in [0.15, 0.2) is 36.4 Å². The Bertz CT molecular complexity index is 1060. The van der Waals surface area contributed by atoms with E-state index in [0.29, 0.717) is 0 Å². The lowest BCUT2D eigenvalue weighted by Gasteiger charge is -2.19. The molecule has 3 rings (SSSR count). The van der Waals surface area contributed by atoms with E-state index in [-0.39, 0.29) is 48.0 Å². The quantitative estimate of drug-likeness (QED) is 0.596. The molecule has 1 fully saturated rings. The number of nitrogens with one attached hydrogen (secondary N) is 2. The lowest BCUT2D eigenvalue weighted by Crippen LogP contribution is -2.26. The Morgan fingerprint density at radius 1 is 0.788 bits per heavy atom. The smallest absolute Gasteiger partial charge is 0.224 e. The molecule has 0 aromatic heterocycles. The molecule has 1 saturated heterocycles. The van der Waals surface area contributed by atoms with Crippen LogP contribution in [0.4, 0.5) is 11.4 Å². The van der Waals surface area contributed by atoms with Crippen molar-refractivity contribution in [1.82, 2.24) is 0 Å². The fraction of sp³-hybridized carbons (Fsp3) is 0.462. The van der Waals surface area contributed by atoms with E-state index in [1.807, 2.05) is 64.1 Å². The Balaban J connectivity index is 1.70. The van der Waals surface area contributed by atoms with Crippen molar-refractivity contribution in [2.45, 2.75) is 53.4 Å². The first kappa shape index (κ1) is 25.0. The Labute approximate surface area is 197 Å². The van der Waals surface area contributed by atoms with Crippen molar-refractivity contribution < 1.29 is 18.0 Å². The van der Waals surface area contributed by atoms with Gasteiger partial charge in [-0.1, -0.05) is 50.2 Å². The standard InChI is InChI=1S/C26H34N2O4S/c1-5-19-11-7-9-17(3)25(19)27-23(29)13-21-15-33(31,32)16-22(21)14-24(30)28-26-18(4)10-8-12-20(26)6-2/h7-12,21-22H,5-6,13-16H2,1-4H3,(H,27,29)(H,28,30). The first-order chi connectivity index (χ1) is 15.6.